The number of anilines is 2. The SMILES string of the molecule is CCN(C)c1cccc(N(C)C(C)C)c1. The molecular weight excluding hydrogens is 184 g/mol. The number of benzene rings is 1. The van der Waals surface area contributed by atoms with Gasteiger partial charge in [0.15, 0.2) is 0 Å². The van der Waals surface area contributed by atoms with E-state index in [1.54, 1.807) is 0 Å². The third-order valence-electron chi connectivity index (χ3n) is 2.93. The van der Waals surface area contributed by atoms with Gasteiger partial charge in [0, 0.05) is 38.1 Å². The lowest BCUT2D eigenvalue weighted by atomic mass is 10.2. The molecule has 0 spiro atoms. The Bertz CT molecular complexity index is 307. The summed E-state index contributed by atoms with van der Waals surface area (Å²) in [6, 6.07) is 9.21. The second-order valence-electron chi connectivity index (χ2n) is 4.24. The summed E-state index contributed by atoms with van der Waals surface area (Å²) in [6.45, 7) is 7.61. The standard InChI is InChI=1S/C13H22N2/c1-6-14(4)12-8-7-9-13(10-12)15(5)11(2)3/h7-11H,6H2,1-5H3. The summed E-state index contributed by atoms with van der Waals surface area (Å²) < 4.78 is 0. The predicted octanol–water partition coefficient (Wildman–Crippen LogP) is 2.99. The first-order valence-corrected chi connectivity index (χ1v) is 5.60. The van der Waals surface area contributed by atoms with Crippen LogP contribution < -0.4 is 9.80 Å². The van der Waals surface area contributed by atoms with E-state index >= 15 is 0 Å². The molecule has 2 heteroatoms. The highest BCUT2D eigenvalue weighted by atomic mass is 15.1. The topological polar surface area (TPSA) is 6.48 Å². The molecule has 0 radical (unpaired) electrons. The van der Waals surface area contributed by atoms with E-state index in [0.29, 0.717) is 6.04 Å². The fourth-order valence-corrected chi connectivity index (χ4v) is 1.43. The average molecular weight is 206 g/mol. The Morgan fingerprint density at radius 3 is 2.27 bits per heavy atom. The Kier molecular flexibility index (Phi) is 4.01. The molecule has 0 atom stereocenters. The van der Waals surface area contributed by atoms with Crippen molar-refractivity contribution in [3.05, 3.63) is 24.3 Å². The molecule has 0 unspecified atom stereocenters. The van der Waals surface area contributed by atoms with Crippen LogP contribution in [0.1, 0.15) is 20.8 Å². The molecule has 0 aliphatic heterocycles. The highest BCUT2D eigenvalue weighted by molar-refractivity contribution is 5.59. The second kappa shape index (κ2) is 5.06. The van der Waals surface area contributed by atoms with Crippen LogP contribution in [0.5, 0.6) is 0 Å². The predicted molar refractivity (Wildman–Crippen MR) is 68.9 cm³/mol. The summed E-state index contributed by atoms with van der Waals surface area (Å²) in [7, 11) is 4.25. The molecule has 0 heterocycles. The molecule has 1 aromatic rings. The molecule has 0 aromatic heterocycles. The van der Waals surface area contributed by atoms with Gasteiger partial charge < -0.3 is 9.80 Å². The molecule has 0 N–H and O–H groups in total. The Labute approximate surface area is 93.5 Å². The van der Waals surface area contributed by atoms with Crippen molar-refractivity contribution >= 4 is 11.4 Å². The highest BCUT2D eigenvalue weighted by Crippen LogP contribution is 2.21. The number of hydrogen-bond acceptors (Lipinski definition) is 2. The van der Waals surface area contributed by atoms with Crippen molar-refractivity contribution in [2.24, 2.45) is 0 Å². The van der Waals surface area contributed by atoms with Crippen LogP contribution >= 0.6 is 0 Å². The van der Waals surface area contributed by atoms with Crippen molar-refractivity contribution in [1.29, 1.82) is 0 Å². The molecule has 84 valence electrons. The van der Waals surface area contributed by atoms with Gasteiger partial charge in [0.25, 0.3) is 0 Å². The lowest BCUT2D eigenvalue weighted by Crippen LogP contribution is -2.26. The van der Waals surface area contributed by atoms with Crippen LogP contribution in [0.25, 0.3) is 0 Å². The lowest BCUT2D eigenvalue weighted by Gasteiger charge is -2.26. The first-order chi connectivity index (χ1) is 7.06. The van der Waals surface area contributed by atoms with Crippen LogP contribution in [0.2, 0.25) is 0 Å². The van der Waals surface area contributed by atoms with Gasteiger partial charge in [-0.05, 0) is 39.0 Å². The van der Waals surface area contributed by atoms with E-state index < -0.39 is 0 Å². The minimum Gasteiger partial charge on any atom is -0.375 e. The van der Waals surface area contributed by atoms with E-state index in [0.717, 1.165) is 6.54 Å². The Morgan fingerprint density at radius 2 is 1.73 bits per heavy atom. The maximum absolute atomic E-state index is 2.28. The monoisotopic (exact) mass is 206 g/mol. The van der Waals surface area contributed by atoms with E-state index in [9.17, 15) is 0 Å². The zero-order valence-corrected chi connectivity index (χ0v) is 10.5. The smallest absolute Gasteiger partial charge is 0.0386 e. The first-order valence-electron chi connectivity index (χ1n) is 5.60. The molecule has 1 aromatic carbocycles. The minimum absolute atomic E-state index is 0.534. The van der Waals surface area contributed by atoms with Gasteiger partial charge in [-0.1, -0.05) is 6.07 Å². The number of rotatable bonds is 4. The molecule has 0 aliphatic rings. The molecule has 0 amide bonds. The zero-order valence-electron chi connectivity index (χ0n) is 10.5. The summed E-state index contributed by atoms with van der Waals surface area (Å²) in [6.07, 6.45) is 0. The summed E-state index contributed by atoms with van der Waals surface area (Å²) in [4.78, 5) is 4.53. The van der Waals surface area contributed by atoms with E-state index in [2.05, 4.69) is 68.9 Å². The third-order valence-corrected chi connectivity index (χ3v) is 2.93. The van der Waals surface area contributed by atoms with Gasteiger partial charge in [-0.2, -0.15) is 0 Å². The van der Waals surface area contributed by atoms with Gasteiger partial charge in [-0.25, -0.2) is 0 Å². The van der Waals surface area contributed by atoms with Crippen molar-refractivity contribution in [1.82, 2.24) is 0 Å². The highest BCUT2D eigenvalue weighted by Gasteiger charge is 2.06. The van der Waals surface area contributed by atoms with Crippen LogP contribution in [-0.4, -0.2) is 26.7 Å². The Hall–Kier alpha value is -1.18. The van der Waals surface area contributed by atoms with Crippen LogP contribution in [-0.2, 0) is 0 Å². The van der Waals surface area contributed by atoms with Gasteiger partial charge in [0.2, 0.25) is 0 Å². The third kappa shape index (κ3) is 2.88. The van der Waals surface area contributed by atoms with Crippen molar-refractivity contribution in [3.8, 4) is 0 Å². The van der Waals surface area contributed by atoms with Crippen LogP contribution in [0.4, 0.5) is 11.4 Å². The summed E-state index contributed by atoms with van der Waals surface area (Å²) in [5.74, 6) is 0. The maximum atomic E-state index is 2.28. The quantitative estimate of drug-likeness (QED) is 0.747. The van der Waals surface area contributed by atoms with Gasteiger partial charge >= 0.3 is 0 Å². The van der Waals surface area contributed by atoms with Gasteiger partial charge in [0.1, 0.15) is 0 Å². The Morgan fingerprint density at radius 1 is 1.13 bits per heavy atom. The van der Waals surface area contributed by atoms with Gasteiger partial charge in [-0.15, -0.1) is 0 Å². The average Bonchev–Trinajstić information content (AvgIpc) is 2.27. The molecule has 0 saturated heterocycles. The van der Waals surface area contributed by atoms with E-state index in [1.165, 1.54) is 11.4 Å². The summed E-state index contributed by atoms with van der Waals surface area (Å²) >= 11 is 0. The molecule has 15 heavy (non-hydrogen) atoms. The normalized spacial score (nSPS) is 10.5. The molecule has 2 nitrogen and oxygen atoms in total. The first kappa shape index (κ1) is 11.9. The molecule has 0 bridgehead atoms. The summed E-state index contributed by atoms with van der Waals surface area (Å²) in [5, 5.41) is 0. The maximum Gasteiger partial charge on any atom is 0.0386 e. The molecular formula is C13H22N2. The van der Waals surface area contributed by atoms with Crippen molar-refractivity contribution in [2.75, 3.05) is 30.4 Å². The largest absolute Gasteiger partial charge is 0.375 e. The zero-order chi connectivity index (χ0) is 11.4. The second-order valence-corrected chi connectivity index (χ2v) is 4.24. The van der Waals surface area contributed by atoms with Crippen molar-refractivity contribution < 1.29 is 0 Å². The van der Waals surface area contributed by atoms with Crippen molar-refractivity contribution in [3.63, 3.8) is 0 Å². The fourth-order valence-electron chi connectivity index (χ4n) is 1.43. The van der Waals surface area contributed by atoms with E-state index in [-0.39, 0.29) is 0 Å². The van der Waals surface area contributed by atoms with Gasteiger partial charge in [-0.3, -0.25) is 0 Å². The summed E-state index contributed by atoms with van der Waals surface area (Å²) in [5.41, 5.74) is 2.56. The molecule has 1 rings (SSSR count). The number of nitrogens with zero attached hydrogens (tertiary/aromatic N) is 2. The lowest BCUT2D eigenvalue weighted by molar-refractivity contribution is 0.754. The molecule has 0 saturated carbocycles. The number of hydrogen-bond donors (Lipinski definition) is 0. The molecule has 0 fully saturated rings. The minimum atomic E-state index is 0.534. The Balaban J connectivity index is 2.92. The van der Waals surface area contributed by atoms with Crippen LogP contribution in [0, 0.1) is 0 Å². The fraction of sp³-hybridized carbons (Fsp3) is 0.538. The van der Waals surface area contributed by atoms with Crippen LogP contribution in [0.15, 0.2) is 24.3 Å². The van der Waals surface area contributed by atoms with Gasteiger partial charge in [0.05, 0.1) is 0 Å². The van der Waals surface area contributed by atoms with E-state index in [1.807, 2.05) is 0 Å². The van der Waals surface area contributed by atoms with E-state index in [4.69, 9.17) is 0 Å². The molecule has 0 aliphatic carbocycles. The van der Waals surface area contributed by atoms with Crippen molar-refractivity contribution in [2.45, 2.75) is 26.8 Å². The van der Waals surface area contributed by atoms with Crippen LogP contribution in [0.3, 0.4) is 0 Å².